The second-order valence-corrected chi connectivity index (χ2v) is 15.8. The fourth-order valence-electron chi connectivity index (χ4n) is 10.3. The van der Waals surface area contributed by atoms with Gasteiger partial charge in [-0.1, -0.05) is 25.6 Å². The number of carbonyl (C=O) groups excluding carboxylic acids is 3. The average Bonchev–Trinajstić information content (AvgIpc) is 3.55. The summed E-state index contributed by atoms with van der Waals surface area (Å²) < 4.78 is 12.2. The molecule has 6 fully saturated rings. The fourth-order valence-corrected chi connectivity index (χ4v) is 11.3. The summed E-state index contributed by atoms with van der Waals surface area (Å²) in [6, 6.07) is 0. The summed E-state index contributed by atoms with van der Waals surface area (Å²) in [6.45, 7) is 11.6. The predicted molar refractivity (Wildman–Crippen MR) is 142 cm³/mol. The number of carbonyl (C=O) groups is 3. The topological polar surface area (TPSA) is 113 Å². The molecule has 0 radical (unpaired) electrons. The maximum atomic E-state index is 13.8. The Kier molecular flexibility index (Phi) is 6.11. The third-order valence-electron chi connectivity index (χ3n) is 12.7. The monoisotopic (exact) mass is 548 g/mol. The van der Waals surface area contributed by atoms with Gasteiger partial charge in [-0.05, 0) is 87.9 Å². The van der Waals surface area contributed by atoms with Crippen molar-refractivity contribution in [1.29, 1.82) is 0 Å². The zero-order valence-corrected chi connectivity index (χ0v) is 24.4. The molecule has 2 N–H and O–H groups in total. The Morgan fingerprint density at radius 3 is 2.45 bits per heavy atom. The number of hydrogen-bond donors (Lipinski definition) is 2. The number of cyclic esters (lactones) is 1. The van der Waals surface area contributed by atoms with Gasteiger partial charge in [0.15, 0.2) is 5.12 Å². The molecule has 4 saturated carbocycles. The Morgan fingerprint density at radius 1 is 1.08 bits per heavy atom. The highest BCUT2D eigenvalue weighted by Crippen LogP contribution is 2.72. The van der Waals surface area contributed by atoms with Gasteiger partial charge < -0.3 is 19.7 Å². The molecule has 0 spiro atoms. The highest BCUT2D eigenvalue weighted by atomic mass is 32.2. The summed E-state index contributed by atoms with van der Waals surface area (Å²) in [5.41, 5.74) is -3.13. The molecule has 0 amide bonds. The molecule has 0 aromatic rings. The van der Waals surface area contributed by atoms with Crippen molar-refractivity contribution in [2.24, 2.45) is 46.3 Å². The van der Waals surface area contributed by atoms with E-state index in [-0.39, 0.29) is 63.6 Å². The molecule has 14 atom stereocenters. The maximum Gasteiger partial charge on any atom is 0.311 e. The van der Waals surface area contributed by atoms with Crippen molar-refractivity contribution >= 4 is 28.6 Å². The lowest BCUT2D eigenvalue weighted by Gasteiger charge is -2.61. The van der Waals surface area contributed by atoms with Gasteiger partial charge in [0, 0.05) is 25.0 Å². The lowest BCUT2D eigenvalue weighted by atomic mass is 9.42. The first-order valence-electron chi connectivity index (χ1n) is 14.7. The summed E-state index contributed by atoms with van der Waals surface area (Å²) in [6.07, 6.45) is 4.42. The first-order valence-corrected chi connectivity index (χ1v) is 15.5. The SMILES string of the molecule is CC(=O)SC1CC(=O)C2(C)C3CCC4(C)C(C(C)C5CC(C)(O)C(C)C(=O)O5)CCC4C3C3OC3C2(O)C1. The van der Waals surface area contributed by atoms with Crippen LogP contribution in [0.4, 0.5) is 0 Å². The van der Waals surface area contributed by atoms with E-state index in [2.05, 4.69) is 13.8 Å². The molecular weight excluding hydrogens is 504 g/mol. The Balaban J connectivity index is 1.26. The van der Waals surface area contributed by atoms with Gasteiger partial charge in [0.25, 0.3) is 0 Å². The van der Waals surface area contributed by atoms with Crippen LogP contribution in [0.3, 0.4) is 0 Å². The molecule has 0 bridgehead atoms. The van der Waals surface area contributed by atoms with Crippen LogP contribution < -0.4 is 0 Å². The minimum Gasteiger partial charge on any atom is -0.462 e. The standard InChI is InChI=1S/C30H44O7S/c1-14(21-13-28(5,34)15(2)26(33)36-21)18-7-8-19-23-20(9-10-27(18,19)4)29(6)22(32)11-17(38-16(3)31)12-30(29,35)25-24(23)37-25/h14-15,17-21,23-25,34-35H,7-13H2,1-6H3. The molecule has 212 valence electrons. The number of rotatable bonds is 3. The normalized spacial score (nSPS) is 56.2. The maximum absolute atomic E-state index is 13.8. The Labute approximate surface area is 230 Å². The van der Waals surface area contributed by atoms with Crippen molar-refractivity contribution in [2.75, 3.05) is 0 Å². The van der Waals surface area contributed by atoms with Gasteiger partial charge in [0.2, 0.25) is 0 Å². The molecule has 4 aliphatic carbocycles. The van der Waals surface area contributed by atoms with Crippen LogP contribution in [0.15, 0.2) is 0 Å². The number of fused-ring (bicyclic) bond motifs is 8. The van der Waals surface area contributed by atoms with E-state index in [1.54, 1.807) is 13.8 Å². The summed E-state index contributed by atoms with van der Waals surface area (Å²) in [5.74, 6) is 0.379. The summed E-state index contributed by atoms with van der Waals surface area (Å²) in [5, 5.41) is 22.8. The molecule has 2 aliphatic heterocycles. The molecular formula is C30H44O7S. The zero-order chi connectivity index (χ0) is 27.6. The van der Waals surface area contributed by atoms with Gasteiger partial charge in [-0.15, -0.1) is 0 Å². The van der Waals surface area contributed by atoms with Crippen molar-refractivity contribution in [2.45, 2.75) is 121 Å². The quantitative estimate of drug-likeness (QED) is 0.403. The molecule has 2 saturated heterocycles. The van der Waals surface area contributed by atoms with E-state index < -0.39 is 22.5 Å². The Hall–Kier alpha value is -0.960. The number of thioether (sulfide) groups is 1. The van der Waals surface area contributed by atoms with E-state index in [1.165, 1.54) is 18.7 Å². The van der Waals surface area contributed by atoms with Crippen LogP contribution in [0.5, 0.6) is 0 Å². The lowest BCUT2D eigenvalue weighted by molar-refractivity contribution is -0.197. The number of aliphatic hydroxyl groups is 2. The number of esters is 1. The average molecular weight is 549 g/mol. The summed E-state index contributed by atoms with van der Waals surface area (Å²) in [4.78, 5) is 38.2. The van der Waals surface area contributed by atoms with Crippen LogP contribution in [-0.2, 0) is 23.9 Å². The van der Waals surface area contributed by atoms with E-state index in [4.69, 9.17) is 9.47 Å². The molecule has 38 heavy (non-hydrogen) atoms. The van der Waals surface area contributed by atoms with Crippen LogP contribution >= 0.6 is 11.8 Å². The van der Waals surface area contributed by atoms with Gasteiger partial charge >= 0.3 is 5.97 Å². The molecule has 2 heterocycles. The minimum absolute atomic E-state index is 0.0175. The van der Waals surface area contributed by atoms with Crippen LogP contribution in [-0.4, -0.2) is 61.8 Å². The first kappa shape index (κ1) is 27.2. The third kappa shape index (κ3) is 3.54. The van der Waals surface area contributed by atoms with E-state index in [1.807, 2.05) is 6.92 Å². The second-order valence-electron chi connectivity index (χ2n) is 14.3. The van der Waals surface area contributed by atoms with Gasteiger partial charge in [0.05, 0.1) is 23.0 Å². The smallest absolute Gasteiger partial charge is 0.311 e. The predicted octanol–water partition coefficient (Wildman–Crippen LogP) is 3.91. The number of epoxide rings is 1. The largest absolute Gasteiger partial charge is 0.462 e. The van der Waals surface area contributed by atoms with E-state index >= 15 is 0 Å². The van der Waals surface area contributed by atoms with Crippen molar-refractivity contribution in [3.05, 3.63) is 0 Å². The van der Waals surface area contributed by atoms with Crippen molar-refractivity contribution in [3.8, 4) is 0 Å². The molecule has 8 heteroatoms. The molecule has 0 aromatic carbocycles. The Morgan fingerprint density at radius 2 is 1.79 bits per heavy atom. The van der Waals surface area contributed by atoms with Gasteiger partial charge in [0.1, 0.15) is 23.6 Å². The van der Waals surface area contributed by atoms with E-state index in [0.29, 0.717) is 31.1 Å². The molecule has 7 nitrogen and oxygen atoms in total. The zero-order valence-electron chi connectivity index (χ0n) is 23.6. The minimum atomic E-state index is -1.22. The van der Waals surface area contributed by atoms with Crippen molar-refractivity contribution < 1.29 is 34.1 Å². The second kappa shape index (κ2) is 8.53. The van der Waals surface area contributed by atoms with Crippen LogP contribution in [0, 0.1) is 46.3 Å². The van der Waals surface area contributed by atoms with Crippen molar-refractivity contribution in [3.63, 3.8) is 0 Å². The number of Topliss-reactive ketones (excluding diaryl/α,β-unsaturated/α-hetero) is 1. The summed E-state index contributed by atoms with van der Waals surface area (Å²) in [7, 11) is 0. The Bertz CT molecular complexity index is 1060. The van der Waals surface area contributed by atoms with E-state index in [9.17, 15) is 24.6 Å². The van der Waals surface area contributed by atoms with Crippen LogP contribution in [0.25, 0.3) is 0 Å². The fraction of sp³-hybridized carbons (Fsp3) is 0.900. The number of ether oxygens (including phenoxy) is 2. The molecule has 14 unspecified atom stereocenters. The van der Waals surface area contributed by atoms with Crippen LogP contribution in [0.2, 0.25) is 0 Å². The number of ketones is 1. The first-order chi connectivity index (χ1) is 17.6. The van der Waals surface area contributed by atoms with Gasteiger partial charge in [-0.2, -0.15) is 0 Å². The summed E-state index contributed by atoms with van der Waals surface area (Å²) >= 11 is 1.18. The van der Waals surface area contributed by atoms with Crippen LogP contribution in [0.1, 0.15) is 86.5 Å². The molecule has 0 aromatic heterocycles. The van der Waals surface area contributed by atoms with Crippen molar-refractivity contribution in [1.82, 2.24) is 0 Å². The highest BCUT2D eigenvalue weighted by Gasteiger charge is 2.78. The third-order valence-corrected chi connectivity index (χ3v) is 13.7. The van der Waals surface area contributed by atoms with Gasteiger partial charge in [-0.3, -0.25) is 14.4 Å². The molecule has 6 rings (SSSR count). The highest BCUT2D eigenvalue weighted by molar-refractivity contribution is 8.14. The van der Waals surface area contributed by atoms with E-state index in [0.717, 1.165) is 25.7 Å². The number of hydrogen-bond acceptors (Lipinski definition) is 8. The molecule has 6 aliphatic rings. The van der Waals surface area contributed by atoms with Gasteiger partial charge in [-0.25, -0.2) is 0 Å². The lowest BCUT2D eigenvalue weighted by Crippen LogP contribution is -2.69.